The number of rotatable bonds is 4. The first-order chi connectivity index (χ1) is 12.7. The molecule has 0 saturated carbocycles. The van der Waals surface area contributed by atoms with E-state index in [-0.39, 0.29) is 11.3 Å². The van der Waals surface area contributed by atoms with Crippen molar-refractivity contribution in [1.29, 1.82) is 0 Å². The highest BCUT2D eigenvalue weighted by Gasteiger charge is 2.42. The number of benzene rings is 2. The van der Waals surface area contributed by atoms with Crippen LogP contribution in [0.1, 0.15) is 27.7 Å². The lowest BCUT2D eigenvalue weighted by molar-refractivity contribution is -0.155. The lowest BCUT2D eigenvalue weighted by atomic mass is 10.1. The molecule has 0 spiro atoms. The van der Waals surface area contributed by atoms with Gasteiger partial charge in [0.2, 0.25) is 0 Å². The Morgan fingerprint density at radius 1 is 1.07 bits per heavy atom. The van der Waals surface area contributed by atoms with Gasteiger partial charge in [-0.25, -0.2) is 9.07 Å². The second kappa shape index (κ2) is 7.18. The molecule has 3 aromatic rings. The van der Waals surface area contributed by atoms with Gasteiger partial charge >= 0.3 is 6.18 Å². The van der Waals surface area contributed by atoms with E-state index in [1.54, 1.807) is 12.1 Å². The molecule has 0 aliphatic carbocycles. The highest BCUT2D eigenvalue weighted by Crippen LogP contribution is 2.33. The molecule has 1 aromatic heterocycles. The fourth-order valence-electron chi connectivity index (χ4n) is 2.41. The number of nitrogens with one attached hydrogen (secondary N) is 1. The van der Waals surface area contributed by atoms with Crippen LogP contribution in [0.4, 0.5) is 17.6 Å². The zero-order chi connectivity index (χ0) is 19.6. The highest BCUT2D eigenvalue weighted by atomic mass is 19.4. The van der Waals surface area contributed by atoms with E-state index in [1.165, 1.54) is 10.9 Å². The number of amides is 1. The van der Waals surface area contributed by atoms with E-state index in [0.29, 0.717) is 5.69 Å². The maximum Gasteiger partial charge on any atom is 0.412 e. The van der Waals surface area contributed by atoms with Crippen LogP contribution >= 0.6 is 0 Å². The number of halogens is 4. The zero-order valence-electron chi connectivity index (χ0n) is 14.0. The van der Waals surface area contributed by atoms with E-state index < -0.39 is 23.9 Å². The zero-order valence-corrected chi connectivity index (χ0v) is 14.0. The van der Waals surface area contributed by atoms with Crippen LogP contribution in [0.2, 0.25) is 0 Å². The maximum absolute atomic E-state index is 13.3. The van der Waals surface area contributed by atoms with Crippen LogP contribution in [0.5, 0.6) is 0 Å². The second-order valence-electron chi connectivity index (χ2n) is 5.88. The first-order valence-corrected chi connectivity index (χ1v) is 7.86. The van der Waals surface area contributed by atoms with Gasteiger partial charge in [-0.05, 0) is 36.8 Å². The van der Waals surface area contributed by atoms with Gasteiger partial charge in [-0.2, -0.15) is 13.2 Å². The Balaban J connectivity index is 1.82. The Morgan fingerprint density at radius 2 is 1.70 bits per heavy atom. The number of carbonyl (C=O) groups is 1. The van der Waals surface area contributed by atoms with Gasteiger partial charge < -0.3 is 5.32 Å². The summed E-state index contributed by atoms with van der Waals surface area (Å²) in [6, 6.07) is 8.56. The number of hydrogen-bond acceptors (Lipinski definition) is 3. The summed E-state index contributed by atoms with van der Waals surface area (Å²) < 4.78 is 54.3. The summed E-state index contributed by atoms with van der Waals surface area (Å²) in [4.78, 5) is 12.2. The van der Waals surface area contributed by atoms with Crippen LogP contribution in [0.3, 0.4) is 0 Å². The molecule has 0 fully saturated rings. The topological polar surface area (TPSA) is 59.8 Å². The quantitative estimate of drug-likeness (QED) is 0.704. The summed E-state index contributed by atoms with van der Waals surface area (Å²) in [6.45, 7) is 1.90. The van der Waals surface area contributed by atoms with Gasteiger partial charge in [0.05, 0.1) is 11.9 Å². The Labute approximate surface area is 151 Å². The SMILES string of the molecule is Cc1ccc(-n2cc(C(=O)NC(c3ccc(F)cc3)C(F)(F)F)nn2)cc1. The van der Waals surface area contributed by atoms with Gasteiger partial charge in [-0.3, -0.25) is 4.79 Å². The predicted molar refractivity (Wildman–Crippen MR) is 88.8 cm³/mol. The van der Waals surface area contributed by atoms with Gasteiger partial charge in [0.1, 0.15) is 5.82 Å². The molecule has 3 rings (SSSR count). The van der Waals surface area contributed by atoms with Crippen molar-refractivity contribution in [1.82, 2.24) is 20.3 Å². The largest absolute Gasteiger partial charge is 0.412 e. The molecule has 1 amide bonds. The molecule has 27 heavy (non-hydrogen) atoms. The minimum Gasteiger partial charge on any atom is -0.335 e. The fraction of sp³-hybridized carbons (Fsp3) is 0.167. The van der Waals surface area contributed by atoms with Crippen LogP contribution in [0, 0.1) is 12.7 Å². The molecule has 0 saturated heterocycles. The first-order valence-electron chi connectivity index (χ1n) is 7.86. The van der Waals surface area contributed by atoms with E-state index in [2.05, 4.69) is 10.3 Å². The lowest BCUT2D eigenvalue weighted by Gasteiger charge is -2.21. The number of nitrogens with zero attached hydrogens (tertiary/aromatic N) is 3. The lowest BCUT2D eigenvalue weighted by Crippen LogP contribution is -2.38. The molecule has 9 heteroatoms. The summed E-state index contributed by atoms with van der Waals surface area (Å²) in [7, 11) is 0. The third-order valence-corrected chi connectivity index (χ3v) is 3.83. The van der Waals surface area contributed by atoms with Gasteiger partial charge in [-0.15, -0.1) is 5.10 Å². The fourth-order valence-corrected chi connectivity index (χ4v) is 2.41. The van der Waals surface area contributed by atoms with Crippen molar-refractivity contribution in [3.63, 3.8) is 0 Å². The van der Waals surface area contributed by atoms with Gasteiger partial charge in [0, 0.05) is 0 Å². The van der Waals surface area contributed by atoms with Crippen molar-refractivity contribution in [2.75, 3.05) is 0 Å². The van der Waals surface area contributed by atoms with E-state index in [9.17, 15) is 22.4 Å². The van der Waals surface area contributed by atoms with Crippen LogP contribution in [-0.4, -0.2) is 27.1 Å². The second-order valence-corrected chi connectivity index (χ2v) is 5.88. The van der Waals surface area contributed by atoms with Crippen molar-refractivity contribution in [2.24, 2.45) is 0 Å². The average molecular weight is 378 g/mol. The van der Waals surface area contributed by atoms with Crippen LogP contribution in [0.15, 0.2) is 54.7 Å². The molecule has 1 atom stereocenters. The number of carbonyl (C=O) groups excluding carboxylic acids is 1. The van der Waals surface area contributed by atoms with Crippen molar-refractivity contribution in [3.8, 4) is 5.69 Å². The molecule has 0 aliphatic rings. The Kier molecular flexibility index (Phi) is 4.93. The average Bonchev–Trinajstić information content (AvgIpc) is 3.10. The molecule has 1 N–H and O–H groups in total. The monoisotopic (exact) mass is 378 g/mol. The molecule has 5 nitrogen and oxygen atoms in total. The highest BCUT2D eigenvalue weighted by molar-refractivity contribution is 5.92. The molecular formula is C18H14F4N4O. The van der Waals surface area contributed by atoms with Crippen molar-refractivity contribution >= 4 is 5.91 Å². The summed E-state index contributed by atoms with van der Waals surface area (Å²) in [5, 5.41) is 9.28. The smallest absolute Gasteiger partial charge is 0.335 e. The van der Waals surface area contributed by atoms with Crippen molar-refractivity contribution in [2.45, 2.75) is 19.1 Å². The van der Waals surface area contributed by atoms with E-state index in [4.69, 9.17) is 0 Å². The van der Waals surface area contributed by atoms with E-state index in [0.717, 1.165) is 29.8 Å². The van der Waals surface area contributed by atoms with E-state index >= 15 is 0 Å². The van der Waals surface area contributed by atoms with Crippen LogP contribution < -0.4 is 5.32 Å². The Morgan fingerprint density at radius 3 is 2.30 bits per heavy atom. The Bertz CT molecular complexity index is 933. The number of alkyl halides is 3. The number of aryl methyl sites for hydroxylation is 1. The summed E-state index contributed by atoms with van der Waals surface area (Å²) in [5.41, 5.74) is 1.07. The summed E-state index contributed by atoms with van der Waals surface area (Å²) in [6.07, 6.45) is -3.53. The predicted octanol–water partition coefficient (Wildman–Crippen LogP) is 3.75. The standard InChI is InChI=1S/C18H14F4N4O/c1-11-2-8-14(9-3-11)26-10-15(24-25-26)17(27)23-16(18(20,21)22)12-4-6-13(19)7-5-12/h2-10,16H,1H3,(H,23,27). The molecule has 0 aliphatic heterocycles. The van der Waals surface area contributed by atoms with Crippen LogP contribution in [0.25, 0.3) is 5.69 Å². The van der Waals surface area contributed by atoms with Crippen molar-refractivity contribution in [3.05, 3.63) is 77.4 Å². The van der Waals surface area contributed by atoms with Gasteiger partial charge in [-0.1, -0.05) is 35.0 Å². The van der Waals surface area contributed by atoms with Crippen LogP contribution in [-0.2, 0) is 0 Å². The third kappa shape index (κ3) is 4.30. The number of hydrogen-bond donors (Lipinski definition) is 1. The minimum atomic E-state index is -4.76. The van der Waals surface area contributed by atoms with E-state index in [1.807, 2.05) is 24.4 Å². The summed E-state index contributed by atoms with van der Waals surface area (Å²) >= 11 is 0. The number of aromatic nitrogens is 3. The molecule has 0 bridgehead atoms. The minimum absolute atomic E-state index is 0.271. The Hall–Kier alpha value is -3.23. The maximum atomic E-state index is 13.3. The molecule has 2 aromatic carbocycles. The molecule has 140 valence electrons. The third-order valence-electron chi connectivity index (χ3n) is 3.83. The molecular weight excluding hydrogens is 364 g/mol. The molecule has 1 unspecified atom stereocenters. The van der Waals surface area contributed by atoms with Gasteiger partial charge in [0.15, 0.2) is 11.7 Å². The van der Waals surface area contributed by atoms with Crippen molar-refractivity contribution < 1.29 is 22.4 Å². The van der Waals surface area contributed by atoms with Gasteiger partial charge in [0.25, 0.3) is 5.91 Å². The normalized spacial score (nSPS) is 12.6. The summed E-state index contributed by atoms with van der Waals surface area (Å²) in [5.74, 6) is -1.72. The first kappa shape index (κ1) is 18.6. The molecule has 0 radical (unpaired) electrons. The molecule has 1 heterocycles.